The number of rotatable bonds is 6. The summed E-state index contributed by atoms with van der Waals surface area (Å²) in [5.41, 5.74) is 3.18. The van der Waals surface area contributed by atoms with Crippen LogP contribution in [0.3, 0.4) is 0 Å². The van der Waals surface area contributed by atoms with E-state index in [2.05, 4.69) is 16.0 Å². The van der Waals surface area contributed by atoms with Crippen molar-refractivity contribution in [1.29, 1.82) is 0 Å². The van der Waals surface area contributed by atoms with E-state index in [0.717, 1.165) is 56.4 Å². The number of fused-ring (bicyclic) bond motifs is 1. The van der Waals surface area contributed by atoms with Crippen LogP contribution < -0.4 is 9.47 Å². The third-order valence-electron chi connectivity index (χ3n) is 6.17. The van der Waals surface area contributed by atoms with Gasteiger partial charge in [-0.1, -0.05) is 6.07 Å². The Morgan fingerprint density at radius 3 is 2.57 bits per heavy atom. The molecule has 1 fully saturated rings. The van der Waals surface area contributed by atoms with Crippen molar-refractivity contribution < 1.29 is 14.3 Å². The van der Waals surface area contributed by atoms with Crippen LogP contribution in [-0.2, 0) is 13.0 Å². The van der Waals surface area contributed by atoms with Crippen molar-refractivity contribution in [2.24, 2.45) is 11.8 Å². The van der Waals surface area contributed by atoms with E-state index in [-0.39, 0.29) is 11.7 Å². The fourth-order valence-corrected chi connectivity index (χ4v) is 4.62. The number of hydrogen-bond donors (Lipinski definition) is 0. The molecule has 0 bridgehead atoms. The normalized spacial score (nSPS) is 20.2. The number of benzene rings is 1. The Labute approximate surface area is 166 Å². The maximum atomic E-state index is 12.9. The summed E-state index contributed by atoms with van der Waals surface area (Å²) in [6.07, 6.45) is 7.89. The number of carbonyl (C=O) groups is 1. The molecule has 0 saturated carbocycles. The van der Waals surface area contributed by atoms with Crippen molar-refractivity contribution in [3.63, 3.8) is 0 Å². The summed E-state index contributed by atoms with van der Waals surface area (Å²) < 4.78 is 10.8. The fourth-order valence-electron chi connectivity index (χ4n) is 4.62. The maximum absolute atomic E-state index is 12.9. The molecule has 1 unspecified atom stereocenters. The van der Waals surface area contributed by atoms with Gasteiger partial charge in [0.1, 0.15) is 0 Å². The number of aromatic nitrogens is 1. The number of carbonyl (C=O) groups excluding carboxylic acids is 1. The van der Waals surface area contributed by atoms with Crippen LogP contribution in [0.2, 0.25) is 0 Å². The maximum Gasteiger partial charge on any atom is 0.166 e. The number of nitrogens with zero attached hydrogens (tertiary/aromatic N) is 2. The summed E-state index contributed by atoms with van der Waals surface area (Å²) >= 11 is 0. The van der Waals surface area contributed by atoms with Gasteiger partial charge in [-0.3, -0.25) is 14.7 Å². The lowest BCUT2D eigenvalue weighted by molar-refractivity contribution is 0.0895. The van der Waals surface area contributed by atoms with Gasteiger partial charge < -0.3 is 9.47 Å². The molecule has 1 aliphatic heterocycles. The first-order valence-electron chi connectivity index (χ1n) is 10.1. The summed E-state index contributed by atoms with van der Waals surface area (Å²) in [6, 6.07) is 7.96. The summed E-state index contributed by atoms with van der Waals surface area (Å²) in [7, 11) is 3.25. The molecule has 5 heteroatoms. The van der Waals surface area contributed by atoms with Crippen LogP contribution in [0.1, 0.15) is 40.7 Å². The Hall–Kier alpha value is -2.40. The number of ether oxygens (including phenoxy) is 2. The minimum absolute atomic E-state index is 0.0988. The monoisotopic (exact) mass is 380 g/mol. The molecule has 1 aliphatic carbocycles. The lowest BCUT2D eigenvalue weighted by Crippen LogP contribution is -2.34. The van der Waals surface area contributed by atoms with Crippen LogP contribution in [0.5, 0.6) is 11.5 Å². The average molecular weight is 380 g/mol. The van der Waals surface area contributed by atoms with Crippen LogP contribution in [0.25, 0.3) is 0 Å². The SMILES string of the molecule is COc1cc2c(cc1OC)C(=O)C(CC1CCN(Cc3cccnc3)CC1)C2. The van der Waals surface area contributed by atoms with E-state index in [1.165, 1.54) is 5.56 Å². The highest BCUT2D eigenvalue weighted by molar-refractivity contribution is 6.02. The van der Waals surface area contributed by atoms with Crippen LogP contribution in [-0.4, -0.2) is 43.0 Å². The van der Waals surface area contributed by atoms with Crippen LogP contribution >= 0.6 is 0 Å². The number of pyridine rings is 1. The lowest BCUT2D eigenvalue weighted by Gasteiger charge is -2.32. The van der Waals surface area contributed by atoms with Crippen LogP contribution in [0.4, 0.5) is 0 Å². The second-order valence-corrected chi connectivity index (χ2v) is 7.95. The second kappa shape index (κ2) is 8.31. The van der Waals surface area contributed by atoms with Gasteiger partial charge in [-0.15, -0.1) is 0 Å². The number of ketones is 1. The Kier molecular flexibility index (Phi) is 5.62. The molecule has 1 aromatic heterocycles. The molecule has 2 heterocycles. The smallest absolute Gasteiger partial charge is 0.166 e. The van der Waals surface area contributed by atoms with Crippen molar-refractivity contribution in [3.05, 3.63) is 53.3 Å². The molecule has 0 N–H and O–H groups in total. The van der Waals surface area contributed by atoms with E-state index >= 15 is 0 Å². The molecule has 1 aromatic carbocycles. The highest BCUT2D eigenvalue weighted by Crippen LogP contribution is 2.39. The van der Waals surface area contributed by atoms with Crippen LogP contribution in [0.15, 0.2) is 36.7 Å². The van der Waals surface area contributed by atoms with Gasteiger partial charge in [-0.25, -0.2) is 0 Å². The van der Waals surface area contributed by atoms with E-state index in [9.17, 15) is 4.79 Å². The van der Waals surface area contributed by atoms with Gasteiger partial charge in [0.2, 0.25) is 0 Å². The van der Waals surface area contributed by atoms with E-state index in [1.807, 2.05) is 30.6 Å². The molecule has 2 aliphatic rings. The molecular formula is C23H28N2O3. The van der Waals surface area contributed by atoms with Crippen LogP contribution in [0, 0.1) is 11.8 Å². The molecule has 0 radical (unpaired) electrons. The third-order valence-corrected chi connectivity index (χ3v) is 6.17. The minimum atomic E-state index is 0.0988. The van der Waals surface area contributed by atoms with Crippen molar-refractivity contribution in [3.8, 4) is 11.5 Å². The first kappa shape index (κ1) is 18.9. The summed E-state index contributed by atoms with van der Waals surface area (Å²) in [5, 5.41) is 0. The summed E-state index contributed by atoms with van der Waals surface area (Å²) in [6.45, 7) is 3.15. The number of piperidine rings is 1. The lowest BCUT2D eigenvalue weighted by atomic mass is 9.85. The van der Waals surface area contributed by atoms with Crippen molar-refractivity contribution in [1.82, 2.24) is 9.88 Å². The first-order valence-corrected chi connectivity index (χ1v) is 10.1. The number of methoxy groups -OCH3 is 2. The third kappa shape index (κ3) is 3.90. The number of hydrogen-bond acceptors (Lipinski definition) is 5. The molecule has 2 aromatic rings. The van der Waals surface area contributed by atoms with Gasteiger partial charge in [0.15, 0.2) is 17.3 Å². The number of Topliss-reactive ketones (excluding diaryl/α,β-unsaturated/α-hetero) is 1. The van der Waals surface area contributed by atoms with E-state index in [0.29, 0.717) is 17.4 Å². The van der Waals surface area contributed by atoms with Gasteiger partial charge in [0.25, 0.3) is 0 Å². The van der Waals surface area contributed by atoms with Gasteiger partial charge >= 0.3 is 0 Å². The largest absolute Gasteiger partial charge is 0.493 e. The van der Waals surface area contributed by atoms with Crippen molar-refractivity contribution in [2.75, 3.05) is 27.3 Å². The van der Waals surface area contributed by atoms with Gasteiger partial charge in [0.05, 0.1) is 14.2 Å². The average Bonchev–Trinajstić information content (AvgIpc) is 3.03. The fraction of sp³-hybridized carbons (Fsp3) is 0.478. The van der Waals surface area contributed by atoms with Crippen molar-refractivity contribution >= 4 is 5.78 Å². The predicted octanol–water partition coefficient (Wildman–Crippen LogP) is 3.76. The molecule has 1 atom stereocenters. The Bertz CT molecular complexity index is 829. The molecule has 0 spiro atoms. The Morgan fingerprint density at radius 1 is 1.14 bits per heavy atom. The quantitative estimate of drug-likeness (QED) is 0.764. The molecule has 28 heavy (non-hydrogen) atoms. The molecular weight excluding hydrogens is 352 g/mol. The van der Waals surface area contributed by atoms with E-state index < -0.39 is 0 Å². The topological polar surface area (TPSA) is 51.7 Å². The zero-order chi connectivity index (χ0) is 19.5. The summed E-state index contributed by atoms with van der Waals surface area (Å²) in [5.74, 6) is 2.34. The molecule has 5 nitrogen and oxygen atoms in total. The van der Waals surface area contributed by atoms with Gasteiger partial charge in [0, 0.05) is 30.4 Å². The zero-order valence-corrected chi connectivity index (χ0v) is 16.7. The molecule has 4 rings (SSSR count). The van der Waals surface area contributed by atoms with Gasteiger partial charge in [-0.05, 0) is 74.0 Å². The predicted molar refractivity (Wildman–Crippen MR) is 108 cm³/mol. The molecule has 148 valence electrons. The second-order valence-electron chi connectivity index (χ2n) is 7.95. The molecule has 1 saturated heterocycles. The first-order chi connectivity index (χ1) is 13.7. The minimum Gasteiger partial charge on any atom is -0.493 e. The highest BCUT2D eigenvalue weighted by atomic mass is 16.5. The summed E-state index contributed by atoms with van der Waals surface area (Å²) in [4.78, 5) is 19.6. The number of likely N-dealkylation sites (tertiary alicyclic amines) is 1. The highest BCUT2D eigenvalue weighted by Gasteiger charge is 2.34. The van der Waals surface area contributed by atoms with E-state index in [1.54, 1.807) is 14.2 Å². The van der Waals surface area contributed by atoms with Crippen molar-refractivity contribution in [2.45, 2.75) is 32.2 Å². The van der Waals surface area contributed by atoms with Gasteiger partial charge in [-0.2, -0.15) is 0 Å². The Morgan fingerprint density at radius 2 is 1.89 bits per heavy atom. The standard InChI is InChI=1S/C23H28N2O3/c1-27-21-12-18-11-19(23(26)20(18)13-22(21)28-2)10-16-5-8-25(9-6-16)15-17-4-3-7-24-14-17/h3-4,7,12-14,16,19H,5-6,8-11,15H2,1-2H3. The zero-order valence-electron chi connectivity index (χ0n) is 16.7. The van der Waals surface area contributed by atoms with E-state index in [4.69, 9.17) is 9.47 Å². The molecule has 0 amide bonds. The Balaban J connectivity index is 1.34.